The Morgan fingerprint density at radius 1 is 1.38 bits per heavy atom. The van der Waals surface area contributed by atoms with Crippen LogP contribution in [0.25, 0.3) is 0 Å². The summed E-state index contributed by atoms with van der Waals surface area (Å²) in [6, 6.07) is 3.86. The number of likely N-dealkylation sites (tertiary alicyclic amines) is 1. The Bertz CT molecular complexity index is 376. The van der Waals surface area contributed by atoms with E-state index in [9.17, 15) is 5.11 Å². The molecule has 1 saturated heterocycles. The summed E-state index contributed by atoms with van der Waals surface area (Å²) in [6.07, 6.45) is 2.58. The van der Waals surface area contributed by atoms with Crippen LogP contribution in [0.1, 0.15) is 18.4 Å². The molecule has 0 amide bonds. The molecule has 2 rings (SSSR count). The van der Waals surface area contributed by atoms with Crippen LogP contribution in [-0.4, -0.2) is 30.2 Å². The summed E-state index contributed by atoms with van der Waals surface area (Å²) in [7, 11) is 1.57. The van der Waals surface area contributed by atoms with Crippen molar-refractivity contribution in [1.29, 1.82) is 0 Å². The van der Waals surface area contributed by atoms with Crippen LogP contribution in [-0.2, 0) is 6.54 Å². The number of aromatic hydroxyl groups is 1. The Balaban J connectivity index is 2.17. The summed E-state index contributed by atoms with van der Waals surface area (Å²) < 4.78 is 5.83. The third-order valence-electron chi connectivity index (χ3n) is 2.91. The van der Waals surface area contributed by atoms with Gasteiger partial charge in [0, 0.05) is 6.54 Å². The van der Waals surface area contributed by atoms with E-state index in [1.54, 1.807) is 7.11 Å². The van der Waals surface area contributed by atoms with E-state index in [1.807, 2.05) is 12.1 Å². The Morgan fingerprint density at radius 3 is 2.69 bits per heavy atom. The van der Waals surface area contributed by atoms with Gasteiger partial charge in [-0.15, -0.1) is 0 Å². The highest BCUT2D eigenvalue weighted by atomic mass is 79.9. The molecule has 0 bridgehead atoms. The molecule has 1 fully saturated rings. The molecule has 1 aliphatic rings. The molecule has 88 valence electrons. The van der Waals surface area contributed by atoms with Crippen molar-refractivity contribution in [3.05, 3.63) is 22.2 Å². The molecule has 0 atom stereocenters. The number of rotatable bonds is 3. The van der Waals surface area contributed by atoms with Gasteiger partial charge < -0.3 is 9.84 Å². The first-order valence-corrected chi connectivity index (χ1v) is 6.27. The number of phenolic OH excluding ortho intramolecular Hbond substituents is 1. The van der Waals surface area contributed by atoms with E-state index in [-0.39, 0.29) is 5.75 Å². The zero-order valence-electron chi connectivity index (χ0n) is 9.37. The standard InChI is InChI=1S/C12H16BrNO2/c1-16-11-7-9(6-10(13)12(11)15)8-14-4-2-3-5-14/h6-7,15H,2-5,8H2,1H3. The third-order valence-corrected chi connectivity index (χ3v) is 3.52. The van der Waals surface area contributed by atoms with E-state index in [0.29, 0.717) is 10.2 Å². The van der Waals surface area contributed by atoms with Gasteiger partial charge in [-0.25, -0.2) is 0 Å². The molecular weight excluding hydrogens is 270 g/mol. The van der Waals surface area contributed by atoms with Gasteiger partial charge in [0.1, 0.15) is 0 Å². The van der Waals surface area contributed by atoms with Gasteiger partial charge in [0.15, 0.2) is 11.5 Å². The quantitative estimate of drug-likeness (QED) is 0.927. The monoisotopic (exact) mass is 285 g/mol. The summed E-state index contributed by atoms with van der Waals surface area (Å²) in [6.45, 7) is 3.26. The van der Waals surface area contributed by atoms with Crippen LogP contribution < -0.4 is 4.74 Å². The van der Waals surface area contributed by atoms with Gasteiger partial charge in [0.25, 0.3) is 0 Å². The second-order valence-electron chi connectivity index (χ2n) is 4.11. The number of methoxy groups -OCH3 is 1. The number of ether oxygens (including phenoxy) is 1. The van der Waals surface area contributed by atoms with Gasteiger partial charge in [0.05, 0.1) is 11.6 Å². The molecule has 1 N–H and O–H groups in total. The summed E-state index contributed by atoms with van der Waals surface area (Å²) in [5, 5.41) is 9.70. The zero-order chi connectivity index (χ0) is 11.5. The first-order chi connectivity index (χ1) is 7.70. The normalized spacial score (nSPS) is 16.6. The highest BCUT2D eigenvalue weighted by Crippen LogP contribution is 2.35. The predicted octanol–water partition coefficient (Wildman–Crippen LogP) is 2.76. The molecule has 3 nitrogen and oxygen atoms in total. The second-order valence-corrected chi connectivity index (χ2v) is 4.97. The lowest BCUT2D eigenvalue weighted by molar-refractivity contribution is 0.328. The van der Waals surface area contributed by atoms with Crippen molar-refractivity contribution in [1.82, 2.24) is 4.90 Å². The van der Waals surface area contributed by atoms with Gasteiger partial charge in [0.2, 0.25) is 0 Å². The lowest BCUT2D eigenvalue weighted by atomic mass is 10.2. The number of nitrogens with zero attached hydrogens (tertiary/aromatic N) is 1. The molecule has 0 unspecified atom stereocenters. The number of halogens is 1. The van der Waals surface area contributed by atoms with Crippen LogP contribution in [0, 0.1) is 0 Å². The molecule has 0 aliphatic carbocycles. The maximum Gasteiger partial charge on any atom is 0.172 e. The highest BCUT2D eigenvalue weighted by Gasteiger charge is 2.14. The first kappa shape index (κ1) is 11.7. The minimum Gasteiger partial charge on any atom is -0.503 e. The minimum absolute atomic E-state index is 0.174. The Labute approximate surface area is 104 Å². The maximum atomic E-state index is 9.70. The Morgan fingerprint density at radius 2 is 2.06 bits per heavy atom. The van der Waals surface area contributed by atoms with Crippen molar-refractivity contribution < 1.29 is 9.84 Å². The third kappa shape index (κ3) is 2.50. The predicted molar refractivity (Wildman–Crippen MR) is 66.9 cm³/mol. The number of hydrogen-bond acceptors (Lipinski definition) is 3. The smallest absolute Gasteiger partial charge is 0.172 e. The minimum atomic E-state index is 0.174. The van der Waals surface area contributed by atoms with Crippen molar-refractivity contribution in [2.75, 3.05) is 20.2 Å². The average molecular weight is 286 g/mol. The molecule has 0 radical (unpaired) electrons. The van der Waals surface area contributed by atoms with Gasteiger partial charge in [-0.2, -0.15) is 0 Å². The second kappa shape index (κ2) is 5.06. The van der Waals surface area contributed by atoms with E-state index in [0.717, 1.165) is 6.54 Å². The van der Waals surface area contributed by atoms with Crippen LogP contribution >= 0.6 is 15.9 Å². The van der Waals surface area contributed by atoms with E-state index < -0.39 is 0 Å². The van der Waals surface area contributed by atoms with Crippen LogP contribution in [0.15, 0.2) is 16.6 Å². The van der Waals surface area contributed by atoms with Crippen molar-refractivity contribution in [2.24, 2.45) is 0 Å². The molecule has 0 spiro atoms. The van der Waals surface area contributed by atoms with Gasteiger partial charge in [-0.3, -0.25) is 4.90 Å². The molecule has 1 aromatic rings. The van der Waals surface area contributed by atoms with E-state index in [1.165, 1.54) is 31.5 Å². The Kier molecular flexibility index (Phi) is 3.71. The van der Waals surface area contributed by atoms with Crippen molar-refractivity contribution in [3.63, 3.8) is 0 Å². The lowest BCUT2D eigenvalue weighted by Gasteiger charge is -2.16. The van der Waals surface area contributed by atoms with Gasteiger partial charge >= 0.3 is 0 Å². The molecule has 16 heavy (non-hydrogen) atoms. The van der Waals surface area contributed by atoms with Crippen LogP contribution in [0.2, 0.25) is 0 Å². The topological polar surface area (TPSA) is 32.7 Å². The number of hydrogen-bond donors (Lipinski definition) is 1. The highest BCUT2D eigenvalue weighted by molar-refractivity contribution is 9.10. The molecule has 1 heterocycles. The van der Waals surface area contributed by atoms with Crippen LogP contribution in [0.5, 0.6) is 11.5 Å². The SMILES string of the molecule is COc1cc(CN2CCCC2)cc(Br)c1O. The van der Waals surface area contributed by atoms with E-state index >= 15 is 0 Å². The van der Waals surface area contributed by atoms with Crippen molar-refractivity contribution in [3.8, 4) is 11.5 Å². The summed E-state index contributed by atoms with van der Waals surface area (Å²) in [4.78, 5) is 2.41. The molecule has 1 aromatic carbocycles. The summed E-state index contributed by atoms with van der Waals surface area (Å²) >= 11 is 3.34. The maximum absolute atomic E-state index is 9.70. The number of phenols is 1. The van der Waals surface area contributed by atoms with Gasteiger partial charge in [-0.1, -0.05) is 0 Å². The molecule has 1 aliphatic heterocycles. The lowest BCUT2D eigenvalue weighted by Crippen LogP contribution is -2.18. The van der Waals surface area contributed by atoms with Gasteiger partial charge in [-0.05, 0) is 59.6 Å². The zero-order valence-corrected chi connectivity index (χ0v) is 11.0. The fourth-order valence-electron chi connectivity index (χ4n) is 2.07. The van der Waals surface area contributed by atoms with Crippen LogP contribution in [0.4, 0.5) is 0 Å². The van der Waals surface area contributed by atoms with E-state index in [4.69, 9.17) is 4.74 Å². The fourth-order valence-corrected chi connectivity index (χ4v) is 2.56. The average Bonchev–Trinajstić information content (AvgIpc) is 2.76. The summed E-state index contributed by atoms with van der Waals surface area (Å²) in [5.74, 6) is 0.705. The molecular formula is C12H16BrNO2. The number of benzene rings is 1. The van der Waals surface area contributed by atoms with Crippen molar-refractivity contribution >= 4 is 15.9 Å². The van der Waals surface area contributed by atoms with Crippen LogP contribution in [0.3, 0.4) is 0 Å². The molecule has 0 aromatic heterocycles. The molecule has 0 saturated carbocycles. The summed E-state index contributed by atoms with van der Waals surface area (Å²) in [5.41, 5.74) is 1.17. The Hall–Kier alpha value is -0.740. The molecule has 4 heteroatoms. The van der Waals surface area contributed by atoms with E-state index in [2.05, 4.69) is 20.8 Å². The largest absolute Gasteiger partial charge is 0.503 e. The fraction of sp³-hybridized carbons (Fsp3) is 0.500. The van der Waals surface area contributed by atoms with Crippen molar-refractivity contribution in [2.45, 2.75) is 19.4 Å². The first-order valence-electron chi connectivity index (χ1n) is 5.48.